The summed E-state index contributed by atoms with van der Waals surface area (Å²) < 4.78 is 1.78. The summed E-state index contributed by atoms with van der Waals surface area (Å²) >= 11 is 0. The minimum Gasteiger partial charge on any atom is -0.370 e. The van der Waals surface area contributed by atoms with Crippen LogP contribution in [-0.4, -0.2) is 16.3 Å². The summed E-state index contributed by atoms with van der Waals surface area (Å²) in [7, 11) is 0. The zero-order valence-corrected chi connectivity index (χ0v) is 7.49. The fourth-order valence-corrected chi connectivity index (χ4v) is 1.03. The van der Waals surface area contributed by atoms with Gasteiger partial charge in [0.15, 0.2) is 5.78 Å². The Labute approximate surface area is 76.3 Å². The van der Waals surface area contributed by atoms with Crippen molar-refractivity contribution < 1.29 is 9.59 Å². The number of hydrogen-bond acceptors (Lipinski definition) is 2. The number of nitrogens with two attached hydrogens (primary N) is 1. The number of rotatable bonds is 4. The van der Waals surface area contributed by atoms with Crippen LogP contribution in [0.2, 0.25) is 0 Å². The number of ketones is 1. The van der Waals surface area contributed by atoms with Gasteiger partial charge in [-0.25, -0.2) is 0 Å². The number of nitrogens with zero attached hydrogens (tertiary/aromatic N) is 1. The highest BCUT2D eigenvalue weighted by molar-refractivity contribution is 5.93. The number of aryl methyl sites for hydroxylation is 1. The maximum atomic E-state index is 10.9. The topological polar surface area (TPSA) is 65.1 Å². The number of aromatic nitrogens is 1. The molecular weight excluding hydrogens is 168 g/mol. The highest BCUT2D eigenvalue weighted by atomic mass is 16.1. The van der Waals surface area contributed by atoms with Crippen LogP contribution in [0.5, 0.6) is 0 Å². The average molecular weight is 180 g/mol. The van der Waals surface area contributed by atoms with Crippen LogP contribution in [0.4, 0.5) is 0 Å². The van der Waals surface area contributed by atoms with E-state index in [1.54, 1.807) is 23.0 Å². The van der Waals surface area contributed by atoms with Gasteiger partial charge in [0.1, 0.15) is 0 Å². The van der Waals surface area contributed by atoms with E-state index in [2.05, 4.69) is 0 Å². The number of carbonyl (C=O) groups is 2. The summed E-state index contributed by atoms with van der Waals surface area (Å²) in [6.45, 7) is 2.04. The molecule has 70 valence electrons. The number of primary amides is 1. The second kappa shape index (κ2) is 3.89. The van der Waals surface area contributed by atoms with Gasteiger partial charge in [-0.2, -0.15) is 0 Å². The first-order chi connectivity index (χ1) is 6.09. The molecule has 0 radical (unpaired) electrons. The molecule has 0 atom stereocenters. The quantitative estimate of drug-likeness (QED) is 0.688. The smallest absolute Gasteiger partial charge is 0.219 e. The fourth-order valence-electron chi connectivity index (χ4n) is 1.03. The second-order valence-corrected chi connectivity index (χ2v) is 2.91. The predicted octanol–water partition coefficient (Wildman–Crippen LogP) is 0.566. The van der Waals surface area contributed by atoms with Crippen LogP contribution in [0, 0.1) is 0 Å². The Morgan fingerprint density at radius 2 is 2.23 bits per heavy atom. The molecule has 4 nitrogen and oxygen atoms in total. The summed E-state index contributed by atoms with van der Waals surface area (Å²) in [5.41, 5.74) is 5.64. The van der Waals surface area contributed by atoms with Crippen molar-refractivity contribution in [1.29, 1.82) is 0 Å². The van der Waals surface area contributed by atoms with Crippen LogP contribution in [0.1, 0.15) is 23.7 Å². The molecule has 4 heteroatoms. The third-order valence-corrected chi connectivity index (χ3v) is 1.77. The van der Waals surface area contributed by atoms with Gasteiger partial charge in [-0.15, -0.1) is 0 Å². The van der Waals surface area contributed by atoms with Gasteiger partial charge in [-0.05, 0) is 13.0 Å². The molecule has 1 amide bonds. The second-order valence-electron chi connectivity index (χ2n) is 2.91. The molecular formula is C9H12N2O2. The molecule has 1 rings (SSSR count). The van der Waals surface area contributed by atoms with E-state index < -0.39 is 0 Å². The summed E-state index contributed by atoms with van der Waals surface area (Å²) in [5, 5.41) is 0. The molecule has 13 heavy (non-hydrogen) atoms. The van der Waals surface area contributed by atoms with Crippen LogP contribution in [-0.2, 0) is 11.3 Å². The zero-order chi connectivity index (χ0) is 9.84. The van der Waals surface area contributed by atoms with Gasteiger partial charge in [-0.1, -0.05) is 0 Å². The van der Waals surface area contributed by atoms with E-state index in [1.165, 1.54) is 6.92 Å². The van der Waals surface area contributed by atoms with E-state index in [0.29, 0.717) is 18.5 Å². The standard InChI is InChI=1S/C9H12N2O2/c1-7(12)8-2-4-11(6-8)5-3-9(10)13/h2,4,6H,3,5H2,1H3,(H2,10,13). The summed E-state index contributed by atoms with van der Waals surface area (Å²) in [5.74, 6) is -0.309. The van der Waals surface area contributed by atoms with Gasteiger partial charge >= 0.3 is 0 Å². The van der Waals surface area contributed by atoms with E-state index in [1.807, 2.05) is 0 Å². The molecule has 0 spiro atoms. The Morgan fingerprint density at radius 3 is 2.69 bits per heavy atom. The lowest BCUT2D eigenvalue weighted by Gasteiger charge is -1.98. The Hall–Kier alpha value is -1.58. The fraction of sp³-hybridized carbons (Fsp3) is 0.333. The van der Waals surface area contributed by atoms with Crippen molar-refractivity contribution in [3.8, 4) is 0 Å². The average Bonchev–Trinajstić information content (AvgIpc) is 2.48. The van der Waals surface area contributed by atoms with Crippen molar-refractivity contribution >= 4 is 11.7 Å². The third-order valence-electron chi connectivity index (χ3n) is 1.77. The molecule has 0 aliphatic carbocycles. The van der Waals surface area contributed by atoms with Crippen molar-refractivity contribution in [2.75, 3.05) is 0 Å². The number of amides is 1. The van der Waals surface area contributed by atoms with Gasteiger partial charge in [-0.3, -0.25) is 9.59 Å². The van der Waals surface area contributed by atoms with Crippen molar-refractivity contribution in [3.63, 3.8) is 0 Å². The third kappa shape index (κ3) is 2.74. The van der Waals surface area contributed by atoms with Crippen molar-refractivity contribution in [3.05, 3.63) is 24.0 Å². The predicted molar refractivity (Wildman–Crippen MR) is 48.2 cm³/mol. The van der Waals surface area contributed by atoms with Gasteiger partial charge in [0.05, 0.1) is 0 Å². The molecule has 0 aromatic carbocycles. The Kier molecular flexibility index (Phi) is 2.84. The Bertz CT molecular complexity index is 328. The molecule has 2 N–H and O–H groups in total. The molecule has 1 aromatic heterocycles. The van der Waals surface area contributed by atoms with Crippen molar-refractivity contribution in [2.24, 2.45) is 5.73 Å². The Balaban J connectivity index is 2.59. The minimum atomic E-state index is -0.335. The monoisotopic (exact) mass is 180 g/mol. The van der Waals surface area contributed by atoms with Crippen LogP contribution < -0.4 is 5.73 Å². The Morgan fingerprint density at radius 1 is 1.54 bits per heavy atom. The van der Waals surface area contributed by atoms with Crippen LogP contribution >= 0.6 is 0 Å². The number of hydrogen-bond donors (Lipinski definition) is 1. The molecule has 1 heterocycles. The van der Waals surface area contributed by atoms with E-state index in [4.69, 9.17) is 5.73 Å². The molecule has 0 saturated heterocycles. The lowest BCUT2D eigenvalue weighted by atomic mass is 10.2. The van der Waals surface area contributed by atoms with Crippen LogP contribution in [0.3, 0.4) is 0 Å². The summed E-state index contributed by atoms with van der Waals surface area (Å²) in [4.78, 5) is 21.3. The lowest BCUT2D eigenvalue weighted by molar-refractivity contribution is -0.118. The largest absolute Gasteiger partial charge is 0.370 e. The zero-order valence-electron chi connectivity index (χ0n) is 7.49. The van der Waals surface area contributed by atoms with Gasteiger partial charge in [0.2, 0.25) is 5.91 Å². The first-order valence-corrected chi connectivity index (χ1v) is 4.04. The SMILES string of the molecule is CC(=O)c1ccn(CCC(N)=O)c1. The molecule has 0 bridgehead atoms. The van der Waals surface area contributed by atoms with Crippen molar-refractivity contribution in [1.82, 2.24) is 4.57 Å². The summed E-state index contributed by atoms with van der Waals surface area (Å²) in [6, 6.07) is 1.73. The first-order valence-electron chi connectivity index (χ1n) is 4.04. The highest BCUT2D eigenvalue weighted by Gasteiger charge is 2.01. The summed E-state index contributed by atoms with van der Waals surface area (Å²) in [6.07, 6.45) is 3.77. The first kappa shape index (κ1) is 9.51. The maximum absolute atomic E-state index is 10.9. The molecule has 1 aromatic rings. The van der Waals surface area contributed by atoms with Gasteiger partial charge < -0.3 is 10.3 Å². The van der Waals surface area contributed by atoms with E-state index >= 15 is 0 Å². The van der Waals surface area contributed by atoms with Gasteiger partial charge in [0, 0.05) is 30.9 Å². The van der Waals surface area contributed by atoms with E-state index in [9.17, 15) is 9.59 Å². The highest BCUT2D eigenvalue weighted by Crippen LogP contribution is 2.02. The molecule has 0 aliphatic rings. The molecule has 0 fully saturated rings. The lowest BCUT2D eigenvalue weighted by Crippen LogP contribution is -2.13. The van der Waals surface area contributed by atoms with Gasteiger partial charge in [0.25, 0.3) is 0 Å². The number of Topliss-reactive ketones (excluding diaryl/α,β-unsaturated/α-hetero) is 1. The molecule has 0 saturated carbocycles. The minimum absolute atomic E-state index is 0.0258. The van der Waals surface area contributed by atoms with Crippen molar-refractivity contribution in [2.45, 2.75) is 19.9 Å². The van der Waals surface area contributed by atoms with E-state index in [-0.39, 0.29) is 11.7 Å². The maximum Gasteiger partial charge on any atom is 0.219 e. The van der Waals surface area contributed by atoms with Crippen LogP contribution in [0.25, 0.3) is 0 Å². The normalized spacial score (nSPS) is 9.92. The number of carbonyl (C=O) groups excluding carboxylic acids is 2. The van der Waals surface area contributed by atoms with E-state index in [0.717, 1.165) is 0 Å². The van der Waals surface area contributed by atoms with Crippen LogP contribution in [0.15, 0.2) is 18.5 Å². The molecule has 0 unspecified atom stereocenters. The molecule has 0 aliphatic heterocycles.